The summed E-state index contributed by atoms with van der Waals surface area (Å²) in [6.07, 6.45) is 0.888. The van der Waals surface area contributed by atoms with Crippen LogP contribution in [-0.4, -0.2) is 24.5 Å². The van der Waals surface area contributed by atoms with Gasteiger partial charge in [-0.1, -0.05) is 42.5 Å². The Balaban J connectivity index is 1.47. The number of carbonyl (C=O) groups excluding carboxylic acids is 2. The van der Waals surface area contributed by atoms with Crippen molar-refractivity contribution >= 4 is 17.6 Å². The zero-order valence-electron chi connectivity index (χ0n) is 14.5. The number of carbonyl (C=O) groups is 2. The standard InChI is InChI=1S/C21H20N2O3/c1-13-6-5-9-15(10-13)22-18-12-26-21(25)19(18)20(24)23-17-11-16(17)14-7-3-2-4-8-14/h2-10,16-17,22H,11-12H2,1H3,(H,23,24). The van der Waals surface area contributed by atoms with Crippen molar-refractivity contribution in [3.8, 4) is 0 Å². The number of aryl methyl sites for hydroxylation is 1. The quantitative estimate of drug-likeness (QED) is 0.644. The number of cyclic esters (lactones) is 1. The molecule has 1 heterocycles. The van der Waals surface area contributed by atoms with Crippen molar-refractivity contribution in [2.75, 3.05) is 11.9 Å². The second-order valence-electron chi connectivity index (χ2n) is 6.76. The molecule has 2 aliphatic rings. The highest BCUT2D eigenvalue weighted by atomic mass is 16.5. The fraction of sp³-hybridized carbons (Fsp3) is 0.238. The zero-order valence-corrected chi connectivity index (χ0v) is 14.5. The fourth-order valence-corrected chi connectivity index (χ4v) is 3.29. The van der Waals surface area contributed by atoms with Crippen LogP contribution in [0.25, 0.3) is 0 Å². The van der Waals surface area contributed by atoms with Crippen molar-refractivity contribution in [1.82, 2.24) is 5.32 Å². The Morgan fingerprint density at radius 2 is 1.92 bits per heavy atom. The molecule has 2 N–H and O–H groups in total. The first-order chi connectivity index (χ1) is 12.6. The Kier molecular flexibility index (Phi) is 4.21. The maximum Gasteiger partial charge on any atom is 0.346 e. The number of ether oxygens (including phenoxy) is 1. The third-order valence-corrected chi connectivity index (χ3v) is 4.73. The average Bonchev–Trinajstić information content (AvgIpc) is 3.30. The van der Waals surface area contributed by atoms with E-state index in [0.717, 1.165) is 17.7 Å². The molecule has 1 amide bonds. The van der Waals surface area contributed by atoms with Gasteiger partial charge >= 0.3 is 5.97 Å². The number of anilines is 1. The van der Waals surface area contributed by atoms with E-state index >= 15 is 0 Å². The lowest BCUT2D eigenvalue weighted by molar-refractivity contribution is -0.137. The maximum absolute atomic E-state index is 12.6. The van der Waals surface area contributed by atoms with E-state index in [9.17, 15) is 9.59 Å². The number of benzene rings is 2. The number of amides is 1. The van der Waals surface area contributed by atoms with Gasteiger partial charge in [-0.05, 0) is 36.6 Å². The van der Waals surface area contributed by atoms with Crippen molar-refractivity contribution in [3.63, 3.8) is 0 Å². The van der Waals surface area contributed by atoms with Gasteiger partial charge in [0.25, 0.3) is 5.91 Å². The Hall–Kier alpha value is -3.08. The number of esters is 1. The summed E-state index contributed by atoms with van der Waals surface area (Å²) >= 11 is 0. The molecule has 0 aromatic heterocycles. The van der Waals surface area contributed by atoms with Gasteiger partial charge in [-0.3, -0.25) is 4.79 Å². The highest BCUT2D eigenvalue weighted by Crippen LogP contribution is 2.40. The van der Waals surface area contributed by atoms with E-state index in [1.165, 1.54) is 5.56 Å². The number of rotatable bonds is 5. The molecular formula is C21H20N2O3. The highest BCUT2D eigenvalue weighted by molar-refractivity contribution is 6.18. The van der Waals surface area contributed by atoms with Crippen LogP contribution < -0.4 is 10.6 Å². The van der Waals surface area contributed by atoms with Crippen LogP contribution in [-0.2, 0) is 14.3 Å². The molecule has 26 heavy (non-hydrogen) atoms. The molecule has 4 rings (SSSR count). The minimum atomic E-state index is -0.574. The first-order valence-electron chi connectivity index (χ1n) is 8.71. The van der Waals surface area contributed by atoms with Gasteiger partial charge in [0.05, 0.1) is 5.70 Å². The van der Waals surface area contributed by atoms with E-state index in [0.29, 0.717) is 11.6 Å². The van der Waals surface area contributed by atoms with Crippen molar-refractivity contribution in [3.05, 3.63) is 77.0 Å². The number of nitrogens with one attached hydrogen (secondary N) is 2. The monoisotopic (exact) mass is 348 g/mol. The van der Waals surface area contributed by atoms with E-state index in [1.807, 2.05) is 49.4 Å². The largest absolute Gasteiger partial charge is 0.455 e. The van der Waals surface area contributed by atoms with Crippen LogP contribution in [0.15, 0.2) is 65.9 Å². The van der Waals surface area contributed by atoms with Crippen molar-refractivity contribution in [1.29, 1.82) is 0 Å². The third-order valence-electron chi connectivity index (χ3n) is 4.73. The van der Waals surface area contributed by atoms with Crippen LogP contribution in [0.3, 0.4) is 0 Å². The van der Waals surface area contributed by atoms with Gasteiger partial charge < -0.3 is 15.4 Å². The summed E-state index contributed by atoms with van der Waals surface area (Å²) in [5.41, 5.74) is 3.71. The van der Waals surface area contributed by atoms with Crippen molar-refractivity contribution in [2.24, 2.45) is 0 Å². The van der Waals surface area contributed by atoms with Crippen LogP contribution in [0.5, 0.6) is 0 Å². The Bertz CT molecular complexity index is 889. The Labute approximate surface area is 152 Å². The van der Waals surface area contributed by atoms with Crippen molar-refractivity contribution in [2.45, 2.75) is 25.3 Å². The fourth-order valence-electron chi connectivity index (χ4n) is 3.29. The molecule has 0 spiro atoms. The molecule has 2 unspecified atom stereocenters. The lowest BCUT2D eigenvalue weighted by Gasteiger charge is -2.09. The van der Waals surface area contributed by atoms with E-state index < -0.39 is 5.97 Å². The summed E-state index contributed by atoms with van der Waals surface area (Å²) in [5, 5.41) is 6.12. The van der Waals surface area contributed by atoms with E-state index in [4.69, 9.17) is 4.74 Å². The lowest BCUT2D eigenvalue weighted by atomic mass is 10.1. The molecule has 5 nitrogen and oxygen atoms in total. The maximum atomic E-state index is 12.6. The first kappa shape index (κ1) is 16.4. The molecule has 1 fully saturated rings. The molecule has 2 aromatic rings. The molecule has 0 radical (unpaired) electrons. The average molecular weight is 348 g/mol. The molecule has 1 aliphatic heterocycles. The Morgan fingerprint density at radius 3 is 2.69 bits per heavy atom. The summed E-state index contributed by atoms with van der Waals surface area (Å²) in [6.45, 7) is 2.07. The van der Waals surface area contributed by atoms with Crippen molar-refractivity contribution < 1.29 is 14.3 Å². The predicted molar refractivity (Wildman–Crippen MR) is 98.5 cm³/mol. The second-order valence-corrected chi connectivity index (χ2v) is 6.76. The summed E-state index contributed by atoms with van der Waals surface area (Å²) in [4.78, 5) is 24.7. The minimum absolute atomic E-state index is 0.0611. The summed E-state index contributed by atoms with van der Waals surface area (Å²) in [5.74, 6) is -0.632. The normalized spacial score (nSPS) is 21.3. The van der Waals surface area contributed by atoms with Crippen LogP contribution >= 0.6 is 0 Å². The van der Waals surface area contributed by atoms with Crippen LogP contribution in [0.1, 0.15) is 23.5 Å². The molecule has 0 bridgehead atoms. The number of hydrogen-bond acceptors (Lipinski definition) is 4. The second kappa shape index (κ2) is 6.67. The first-order valence-corrected chi connectivity index (χ1v) is 8.71. The van der Waals surface area contributed by atoms with Crippen LogP contribution in [0.2, 0.25) is 0 Å². The topological polar surface area (TPSA) is 67.4 Å². The molecule has 5 heteroatoms. The summed E-state index contributed by atoms with van der Waals surface area (Å²) < 4.78 is 5.08. The van der Waals surface area contributed by atoms with Gasteiger partial charge in [-0.25, -0.2) is 4.79 Å². The Morgan fingerprint density at radius 1 is 1.12 bits per heavy atom. The van der Waals surface area contributed by atoms with Crippen LogP contribution in [0, 0.1) is 6.92 Å². The molecule has 2 aromatic carbocycles. The lowest BCUT2D eigenvalue weighted by Crippen LogP contribution is -2.31. The third kappa shape index (κ3) is 3.33. The summed E-state index contributed by atoms with van der Waals surface area (Å²) in [6, 6.07) is 17.9. The number of hydrogen-bond donors (Lipinski definition) is 2. The SMILES string of the molecule is Cc1cccc(NC2=C(C(=O)NC3CC3c3ccccc3)C(=O)OC2)c1. The van der Waals surface area contributed by atoms with E-state index in [-0.39, 0.29) is 24.1 Å². The van der Waals surface area contributed by atoms with E-state index in [2.05, 4.69) is 22.8 Å². The zero-order chi connectivity index (χ0) is 18.1. The molecule has 1 aliphatic carbocycles. The smallest absolute Gasteiger partial charge is 0.346 e. The molecule has 2 atom stereocenters. The highest BCUT2D eigenvalue weighted by Gasteiger charge is 2.41. The van der Waals surface area contributed by atoms with Crippen LogP contribution in [0.4, 0.5) is 5.69 Å². The molecule has 132 valence electrons. The van der Waals surface area contributed by atoms with Gasteiger partial charge in [0.2, 0.25) is 0 Å². The molecular weight excluding hydrogens is 328 g/mol. The predicted octanol–water partition coefficient (Wildman–Crippen LogP) is 2.89. The minimum Gasteiger partial charge on any atom is -0.455 e. The summed E-state index contributed by atoms with van der Waals surface area (Å²) in [7, 11) is 0. The van der Waals surface area contributed by atoms with Gasteiger partial charge in [0.1, 0.15) is 12.2 Å². The molecule has 0 saturated heterocycles. The van der Waals surface area contributed by atoms with Gasteiger partial charge in [-0.15, -0.1) is 0 Å². The van der Waals surface area contributed by atoms with Gasteiger partial charge in [0, 0.05) is 17.6 Å². The van der Waals surface area contributed by atoms with Gasteiger partial charge in [0.15, 0.2) is 0 Å². The molecule has 1 saturated carbocycles. The van der Waals surface area contributed by atoms with Gasteiger partial charge in [-0.2, -0.15) is 0 Å². The van der Waals surface area contributed by atoms with E-state index in [1.54, 1.807) is 0 Å².